The molecule has 1 saturated heterocycles. The largest absolute Gasteiger partial charge is 0.443 e. The summed E-state index contributed by atoms with van der Waals surface area (Å²) in [6, 6.07) is -0.330. The van der Waals surface area contributed by atoms with Crippen LogP contribution in [0.1, 0.15) is 33.6 Å². The van der Waals surface area contributed by atoms with Gasteiger partial charge >= 0.3 is 6.09 Å². The number of halogens is 2. The maximum atomic E-state index is 12.9. The van der Waals surface area contributed by atoms with Crippen molar-refractivity contribution >= 4 is 18.3 Å². The van der Waals surface area contributed by atoms with Gasteiger partial charge in [-0.25, -0.2) is 17.9 Å². The fraction of sp³-hybridized carbons (Fsp3) is 0.909. The minimum atomic E-state index is -2.56. The molecule has 1 aliphatic carbocycles. The molecular weight excluding hydrogens is 264 g/mol. The molecule has 0 spiro atoms. The Balaban J connectivity index is 1.89. The summed E-state index contributed by atoms with van der Waals surface area (Å²) in [5.41, 5.74) is -0.603. The highest BCUT2D eigenvalue weighted by atomic mass is 32.2. The number of nitrogens with zero attached hydrogens (tertiary/aromatic N) is 1. The average Bonchev–Trinajstić information content (AvgIpc) is 2.59. The van der Waals surface area contributed by atoms with Crippen LogP contribution in [0.3, 0.4) is 0 Å². The zero-order valence-corrected chi connectivity index (χ0v) is 11.4. The molecule has 0 radical (unpaired) electrons. The lowest BCUT2D eigenvalue weighted by Crippen LogP contribution is -2.37. The van der Waals surface area contributed by atoms with Crippen LogP contribution in [0.4, 0.5) is 13.6 Å². The molecule has 2 fully saturated rings. The summed E-state index contributed by atoms with van der Waals surface area (Å²) in [4.78, 5) is 11.8. The van der Waals surface area contributed by atoms with Crippen molar-refractivity contribution in [2.75, 3.05) is 6.61 Å². The van der Waals surface area contributed by atoms with E-state index in [0.29, 0.717) is 0 Å². The summed E-state index contributed by atoms with van der Waals surface area (Å²) >= 11 is 0.883. The molecular formula is C11H17F2NO3S. The SMILES string of the molecule is CC(C)(C)OC(=O)N1SOCC1CC1CC1(F)F. The first-order valence-electron chi connectivity index (χ1n) is 5.89. The maximum absolute atomic E-state index is 12.9. The Morgan fingerprint density at radius 3 is 2.67 bits per heavy atom. The van der Waals surface area contributed by atoms with E-state index in [1.54, 1.807) is 20.8 Å². The van der Waals surface area contributed by atoms with E-state index in [2.05, 4.69) is 0 Å². The summed E-state index contributed by atoms with van der Waals surface area (Å²) in [6.07, 6.45) is -0.353. The lowest BCUT2D eigenvalue weighted by molar-refractivity contribution is 0.0342. The van der Waals surface area contributed by atoms with Gasteiger partial charge in [-0.2, -0.15) is 0 Å². The van der Waals surface area contributed by atoms with E-state index in [1.165, 1.54) is 4.31 Å². The van der Waals surface area contributed by atoms with Gasteiger partial charge in [-0.15, -0.1) is 0 Å². The van der Waals surface area contributed by atoms with Gasteiger partial charge in [0.25, 0.3) is 5.92 Å². The summed E-state index contributed by atoms with van der Waals surface area (Å²) in [7, 11) is 0. The van der Waals surface area contributed by atoms with Crippen LogP contribution < -0.4 is 0 Å². The number of alkyl halides is 2. The third-order valence-electron chi connectivity index (χ3n) is 2.81. The van der Waals surface area contributed by atoms with E-state index < -0.39 is 23.5 Å². The zero-order chi connectivity index (χ0) is 13.6. The highest BCUT2D eigenvalue weighted by Gasteiger charge is 2.58. The second kappa shape index (κ2) is 4.52. The van der Waals surface area contributed by atoms with Crippen LogP contribution in [0.25, 0.3) is 0 Å². The molecule has 2 rings (SSSR count). The normalized spacial score (nSPS) is 30.4. The smallest absolute Gasteiger partial charge is 0.422 e. The molecule has 4 nitrogen and oxygen atoms in total. The molecule has 2 aliphatic rings. The van der Waals surface area contributed by atoms with E-state index in [9.17, 15) is 13.6 Å². The summed E-state index contributed by atoms with van der Waals surface area (Å²) in [5.74, 6) is -3.19. The Labute approximate surface area is 109 Å². The molecule has 0 N–H and O–H groups in total. The first kappa shape index (κ1) is 13.9. The van der Waals surface area contributed by atoms with Gasteiger partial charge in [0.15, 0.2) is 0 Å². The first-order valence-corrected chi connectivity index (χ1v) is 6.58. The highest BCUT2D eigenvalue weighted by molar-refractivity contribution is 7.93. The molecule has 0 aromatic heterocycles. The average molecular weight is 281 g/mol. The number of rotatable bonds is 2. The molecule has 0 aromatic carbocycles. The Bertz CT molecular complexity index is 346. The maximum Gasteiger partial charge on any atom is 0.422 e. The Kier molecular flexibility index (Phi) is 3.48. The van der Waals surface area contributed by atoms with Crippen LogP contribution in [0.5, 0.6) is 0 Å². The summed E-state index contributed by atoms with van der Waals surface area (Å²) < 4.78 is 37.4. The predicted octanol–water partition coefficient (Wildman–Crippen LogP) is 3.23. The molecule has 2 unspecified atom stereocenters. The van der Waals surface area contributed by atoms with Crippen molar-refractivity contribution in [2.24, 2.45) is 5.92 Å². The first-order chi connectivity index (χ1) is 8.19. The quantitative estimate of drug-likeness (QED) is 0.575. The second-order valence-electron chi connectivity index (χ2n) is 5.72. The van der Waals surface area contributed by atoms with Crippen molar-refractivity contribution in [2.45, 2.75) is 51.2 Å². The Hall–Kier alpha value is -0.560. The van der Waals surface area contributed by atoms with Gasteiger partial charge in [0.1, 0.15) is 17.8 Å². The van der Waals surface area contributed by atoms with Gasteiger partial charge < -0.3 is 4.74 Å². The third kappa shape index (κ3) is 3.26. The fourth-order valence-electron chi connectivity index (χ4n) is 1.80. The van der Waals surface area contributed by atoms with Gasteiger partial charge in [0.2, 0.25) is 0 Å². The van der Waals surface area contributed by atoms with Gasteiger partial charge in [-0.1, -0.05) is 0 Å². The number of carbonyl (C=O) groups is 1. The zero-order valence-electron chi connectivity index (χ0n) is 10.6. The van der Waals surface area contributed by atoms with Crippen LogP contribution in [-0.4, -0.2) is 34.6 Å². The third-order valence-corrected chi connectivity index (χ3v) is 3.66. The Morgan fingerprint density at radius 1 is 1.56 bits per heavy atom. The minimum Gasteiger partial charge on any atom is -0.443 e. The van der Waals surface area contributed by atoms with Crippen LogP contribution in [-0.2, 0) is 8.92 Å². The van der Waals surface area contributed by atoms with Crippen molar-refractivity contribution in [1.82, 2.24) is 4.31 Å². The molecule has 1 heterocycles. The van der Waals surface area contributed by atoms with Crippen molar-refractivity contribution in [3.05, 3.63) is 0 Å². The lowest BCUT2D eigenvalue weighted by Gasteiger charge is -2.25. The number of carbonyl (C=O) groups excluding carboxylic acids is 1. The van der Waals surface area contributed by atoms with E-state index in [0.717, 1.165) is 12.2 Å². The lowest BCUT2D eigenvalue weighted by atomic mass is 10.1. The fourth-order valence-corrected chi connectivity index (χ4v) is 2.50. The topological polar surface area (TPSA) is 38.8 Å². The van der Waals surface area contributed by atoms with Gasteiger partial charge in [-0.3, -0.25) is 4.18 Å². The van der Waals surface area contributed by atoms with Crippen molar-refractivity contribution < 1.29 is 22.5 Å². The molecule has 0 bridgehead atoms. The molecule has 2 atom stereocenters. The highest BCUT2D eigenvalue weighted by Crippen LogP contribution is 2.52. The molecule has 1 amide bonds. The number of hydrogen-bond acceptors (Lipinski definition) is 4. The van der Waals surface area contributed by atoms with Crippen molar-refractivity contribution in [1.29, 1.82) is 0 Å². The van der Waals surface area contributed by atoms with Gasteiger partial charge in [-0.05, 0) is 27.2 Å². The number of ether oxygens (including phenoxy) is 1. The van der Waals surface area contributed by atoms with Gasteiger partial charge in [0.05, 0.1) is 12.6 Å². The number of hydrogen-bond donors (Lipinski definition) is 0. The second-order valence-corrected chi connectivity index (χ2v) is 6.49. The van der Waals surface area contributed by atoms with Crippen LogP contribution in [0, 0.1) is 5.92 Å². The molecule has 1 aliphatic heterocycles. The van der Waals surface area contributed by atoms with E-state index in [1.807, 2.05) is 0 Å². The molecule has 18 heavy (non-hydrogen) atoms. The number of amides is 1. The summed E-state index contributed by atoms with van der Waals surface area (Å²) in [5, 5.41) is 0. The van der Waals surface area contributed by atoms with Gasteiger partial charge in [0, 0.05) is 12.3 Å². The van der Waals surface area contributed by atoms with E-state index in [-0.39, 0.29) is 25.5 Å². The van der Waals surface area contributed by atoms with Crippen LogP contribution >= 0.6 is 12.2 Å². The molecule has 1 saturated carbocycles. The minimum absolute atomic E-state index is 0.0870. The monoisotopic (exact) mass is 281 g/mol. The van der Waals surface area contributed by atoms with E-state index in [4.69, 9.17) is 8.92 Å². The molecule has 0 aromatic rings. The molecule has 7 heteroatoms. The standard InChI is InChI=1S/C11H17F2NO3S/c1-10(2,3)17-9(15)14-8(6-16-18-14)4-7-5-11(7,12)13/h7-8H,4-6H2,1-3H3. The van der Waals surface area contributed by atoms with E-state index >= 15 is 0 Å². The Morgan fingerprint density at radius 2 is 2.17 bits per heavy atom. The van der Waals surface area contributed by atoms with Crippen LogP contribution in [0.2, 0.25) is 0 Å². The van der Waals surface area contributed by atoms with Crippen LogP contribution in [0.15, 0.2) is 0 Å². The summed E-state index contributed by atoms with van der Waals surface area (Å²) in [6.45, 7) is 5.56. The molecule has 104 valence electrons. The van der Waals surface area contributed by atoms with Crippen molar-refractivity contribution in [3.63, 3.8) is 0 Å². The predicted molar refractivity (Wildman–Crippen MR) is 63.1 cm³/mol. The van der Waals surface area contributed by atoms with Crippen molar-refractivity contribution in [3.8, 4) is 0 Å².